The van der Waals surface area contributed by atoms with Crippen LogP contribution >= 0.6 is 0 Å². The zero-order chi connectivity index (χ0) is 18.7. The van der Waals surface area contributed by atoms with Crippen molar-refractivity contribution in [3.63, 3.8) is 0 Å². The van der Waals surface area contributed by atoms with Gasteiger partial charge in [-0.2, -0.15) is 4.98 Å². The van der Waals surface area contributed by atoms with Gasteiger partial charge in [0.25, 0.3) is 0 Å². The van der Waals surface area contributed by atoms with E-state index in [0.717, 1.165) is 24.2 Å². The van der Waals surface area contributed by atoms with E-state index in [2.05, 4.69) is 10.1 Å². The summed E-state index contributed by atoms with van der Waals surface area (Å²) in [6.07, 6.45) is 2.34. The maximum absolute atomic E-state index is 12.7. The summed E-state index contributed by atoms with van der Waals surface area (Å²) in [6.45, 7) is 4.17. The Labute approximate surface area is 153 Å². The molecule has 140 valence electrons. The van der Waals surface area contributed by atoms with Gasteiger partial charge >= 0.3 is 0 Å². The molecule has 7 heteroatoms. The van der Waals surface area contributed by atoms with Crippen molar-refractivity contribution in [1.82, 2.24) is 15.0 Å². The Morgan fingerprint density at radius 1 is 1.42 bits per heavy atom. The molecule has 0 bridgehead atoms. The van der Waals surface area contributed by atoms with Crippen molar-refractivity contribution < 1.29 is 19.2 Å². The second-order valence-electron chi connectivity index (χ2n) is 6.86. The molecule has 1 fully saturated rings. The summed E-state index contributed by atoms with van der Waals surface area (Å²) in [5, 5.41) is 14.9. The van der Waals surface area contributed by atoms with Crippen LogP contribution in [-0.2, 0) is 16.8 Å². The maximum Gasteiger partial charge on any atom is 0.227 e. The monoisotopic (exact) mass is 359 g/mol. The highest BCUT2D eigenvalue weighted by Gasteiger charge is 2.42. The lowest BCUT2D eigenvalue weighted by Crippen LogP contribution is -2.48. The van der Waals surface area contributed by atoms with E-state index in [1.807, 2.05) is 24.3 Å². The summed E-state index contributed by atoms with van der Waals surface area (Å²) in [5.74, 6) is 1.76. The molecule has 7 nitrogen and oxygen atoms in total. The largest absolute Gasteiger partial charge is 0.497 e. The lowest BCUT2D eigenvalue weighted by atomic mass is 9.86. The van der Waals surface area contributed by atoms with Gasteiger partial charge in [0.2, 0.25) is 11.8 Å². The Bertz CT molecular complexity index is 754. The molecule has 0 aliphatic carbocycles. The fraction of sp³-hybridized carbons (Fsp3) is 0.526. The average molecular weight is 359 g/mol. The first-order valence-corrected chi connectivity index (χ1v) is 8.87. The number of benzene rings is 1. The molecule has 1 N–H and O–H groups in total. The SMILES string of the molecule is COc1ccc([C@](C)(O)[C@@H]2CCCN2C(=O)CCc2nc(C)no2)cc1. The molecule has 26 heavy (non-hydrogen) atoms. The Morgan fingerprint density at radius 3 is 2.77 bits per heavy atom. The summed E-state index contributed by atoms with van der Waals surface area (Å²) in [4.78, 5) is 18.6. The number of methoxy groups -OCH3 is 1. The van der Waals surface area contributed by atoms with Crippen LogP contribution in [-0.4, -0.2) is 45.8 Å². The second-order valence-corrected chi connectivity index (χ2v) is 6.86. The summed E-state index contributed by atoms with van der Waals surface area (Å²) in [5.41, 5.74) is -0.352. The molecule has 0 spiro atoms. The third-order valence-electron chi connectivity index (χ3n) is 5.02. The van der Waals surface area contributed by atoms with E-state index in [0.29, 0.717) is 24.7 Å². The number of hydrogen-bond donors (Lipinski definition) is 1. The maximum atomic E-state index is 12.7. The van der Waals surface area contributed by atoms with Crippen LogP contribution < -0.4 is 4.74 Å². The van der Waals surface area contributed by atoms with Crippen LogP contribution in [0.15, 0.2) is 28.8 Å². The van der Waals surface area contributed by atoms with Gasteiger partial charge in [0.05, 0.1) is 13.2 Å². The number of nitrogens with zero attached hydrogens (tertiary/aromatic N) is 3. The van der Waals surface area contributed by atoms with Gasteiger partial charge in [0, 0.05) is 19.4 Å². The van der Waals surface area contributed by atoms with Crippen LogP contribution in [0.3, 0.4) is 0 Å². The third-order valence-corrected chi connectivity index (χ3v) is 5.02. The van der Waals surface area contributed by atoms with Crippen LogP contribution in [0.1, 0.15) is 43.5 Å². The molecule has 2 atom stereocenters. The molecule has 1 aromatic heterocycles. The lowest BCUT2D eigenvalue weighted by molar-refractivity contribution is -0.137. The second kappa shape index (κ2) is 7.45. The first-order valence-electron chi connectivity index (χ1n) is 8.87. The van der Waals surface area contributed by atoms with Crippen molar-refractivity contribution in [1.29, 1.82) is 0 Å². The van der Waals surface area contributed by atoms with E-state index in [1.165, 1.54) is 0 Å². The van der Waals surface area contributed by atoms with Crippen molar-refractivity contribution in [2.75, 3.05) is 13.7 Å². The highest BCUT2D eigenvalue weighted by Crippen LogP contribution is 2.35. The van der Waals surface area contributed by atoms with E-state index in [1.54, 1.807) is 25.9 Å². The van der Waals surface area contributed by atoms with Gasteiger partial charge in [-0.15, -0.1) is 0 Å². The molecule has 1 aliphatic rings. The number of likely N-dealkylation sites (tertiary alicyclic amines) is 1. The summed E-state index contributed by atoms with van der Waals surface area (Å²) >= 11 is 0. The topological polar surface area (TPSA) is 88.7 Å². The normalized spacial score (nSPS) is 19.4. The van der Waals surface area contributed by atoms with Gasteiger partial charge < -0.3 is 19.3 Å². The number of aryl methyl sites for hydroxylation is 2. The lowest BCUT2D eigenvalue weighted by Gasteiger charge is -2.37. The van der Waals surface area contributed by atoms with Gasteiger partial charge in [-0.05, 0) is 44.4 Å². The molecule has 3 rings (SSSR count). The molecule has 1 saturated heterocycles. The Morgan fingerprint density at radius 2 is 2.15 bits per heavy atom. The van der Waals surface area contributed by atoms with E-state index < -0.39 is 5.60 Å². The third kappa shape index (κ3) is 3.72. The van der Waals surface area contributed by atoms with Gasteiger partial charge in [0.15, 0.2) is 5.82 Å². The van der Waals surface area contributed by atoms with E-state index in [-0.39, 0.29) is 18.4 Å². The van der Waals surface area contributed by atoms with Crippen LogP contribution in [0.4, 0.5) is 0 Å². The Balaban J connectivity index is 1.70. The standard InChI is InChI=1S/C19H25N3O4/c1-13-20-17(26-21-13)10-11-18(23)22-12-4-5-16(22)19(2,24)14-6-8-15(25-3)9-7-14/h6-9,16,24H,4-5,10-12H2,1-3H3/t16-,19-/m0/s1. The van der Waals surface area contributed by atoms with Gasteiger partial charge in [-0.25, -0.2) is 0 Å². The first-order chi connectivity index (χ1) is 12.4. The van der Waals surface area contributed by atoms with Crippen molar-refractivity contribution in [3.8, 4) is 5.75 Å². The van der Waals surface area contributed by atoms with Gasteiger partial charge in [0.1, 0.15) is 11.4 Å². The van der Waals surface area contributed by atoms with Crippen molar-refractivity contribution >= 4 is 5.91 Å². The number of aromatic nitrogens is 2. The van der Waals surface area contributed by atoms with E-state index in [9.17, 15) is 9.90 Å². The van der Waals surface area contributed by atoms with Gasteiger partial charge in [-0.1, -0.05) is 17.3 Å². The van der Waals surface area contributed by atoms with Crippen LogP contribution in [0.2, 0.25) is 0 Å². The van der Waals surface area contributed by atoms with Crippen LogP contribution in [0, 0.1) is 6.92 Å². The molecule has 1 amide bonds. The molecule has 1 aliphatic heterocycles. The minimum atomic E-state index is -1.13. The molecule has 2 aromatic rings. The summed E-state index contributed by atoms with van der Waals surface area (Å²) in [6, 6.07) is 7.08. The van der Waals surface area contributed by atoms with Gasteiger partial charge in [-0.3, -0.25) is 4.79 Å². The molecule has 1 aromatic carbocycles. The molecule has 0 radical (unpaired) electrons. The zero-order valence-electron chi connectivity index (χ0n) is 15.4. The number of rotatable bonds is 6. The van der Waals surface area contributed by atoms with Crippen LogP contribution in [0.25, 0.3) is 0 Å². The minimum Gasteiger partial charge on any atom is -0.497 e. The van der Waals surface area contributed by atoms with E-state index in [4.69, 9.17) is 9.26 Å². The number of carbonyl (C=O) groups is 1. The fourth-order valence-corrected chi connectivity index (χ4v) is 3.57. The Hall–Kier alpha value is -2.41. The highest BCUT2D eigenvalue weighted by atomic mass is 16.5. The van der Waals surface area contributed by atoms with Crippen LogP contribution in [0.5, 0.6) is 5.75 Å². The number of ether oxygens (including phenoxy) is 1. The number of hydrogen-bond acceptors (Lipinski definition) is 6. The summed E-state index contributed by atoms with van der Waals surface area (Å²) in [7, 11) is 1.61. The van der Waals surface area contributed by atoms with Crippen molar-refractivity contribution in [2.24, 2.45) is 0 Å². The fourth-order valence-electron chi connectivity index (χ4n) is 3.57. The van der Waals surface area contributed by atoms with Crippen molar-refractivity contribution in [3.05, 3.63) is 41.5 Å². The average Bonchev–Trinajstić information content (AvgIpc) is 3.29. The molecule has 2 heterocycles. The van der Waals surface area contributed by atoms with E-state index >= 15 is 0 Å². The highest BCUT2D eigenvalue weighted by molar-refractivity contribution is 5.77. The summed E-state index contributed by atoms with van der Waals surface area (Å²) < 4.78 is 10.2. The quantitative estimate of drug-likeness (QED) is 0.851. The molecule has 0 unspecified atom stereocenters. The zero-order valence-corrected chi connectivity index (χ0v) is 15.4. The number of aliphatic hydroxyl groups is 1. The van der Waals surface area contributed by atoms with Crippen molar-refractivity contribution in [2.45, 2.75) is 51.2 Å². The minimum absolute atomic E-state index is 0.00265. The molecular formula is C19H25N3O4. The number of carbonyl (C=O) groups excluding carboxylic acids is 1. The molecule has 0 saturated carbocycles. The number of amides is 1. The smallest absolute Gasteiger partial charge is 0.227 e. The molecular weight excluding hydrogens is 334 g/mol. The predicted octanol–water partition coefficient (Wildman–Crippen LogP) is 2.22. The Kier molecular flexibility index (Phi) is 5.27. The first kappa shape index (κ1) is 18.4. The predicted molar refractivity (Wildman–Crippen MR) is 94.7 cm³/mol.